The topological polar surface area (TPSA) is 41.5 Å². The maximum Gasteiger partial charge on any atom is 0.0774 e. The third-order valence-corrected chi connectivity index (χ3v) is 4.21. The average Bonchev–Trinajstić information content (AvgIpc) is 2.30. The molecule has 0 aromatic heterocycles. The minimum atomic E-state index is -0.451. The fourth-order valence-corrected chi connectivity index (χ4v) is 3.27. The van der Waals surface area contributed by atoms with Crippen LogP contribution in [0.4, 0.5) is 0 Å². The van der Waals surface area contributed by atoms with Gasteiger partial charge in [-0.3, -0.25) is 0 Å². The van der Waals surface area contributed by atoms with Crippen LogP contribution in [0.1, 0.15) is 45.4 Å². The lowest BCUT2D eigenvalue weighted by Crippen LogP contribution is -2.45. The molecule has 0 bridgehead atoms. The molecule has 0 radical (unpaired) electrons. The molecule has 0 spiro atoms. The summed E-state index contributed by atoms with van der Waals surface area (Å²) in [6.45, 7) is 5.82. The molecule has 1 heterocycles. The SMILES string of the molecule is CC1CCCC(O)(CNCC2CCCOC2)C1. The summed E-state index contributed by atoms with van der Waals surface area (Å²) in [4.78, 5) is 0. The minimum Gasteiger partial charge on any atom is -0.389 e. The third kappa shape index (κ3) is 4.23. The molecule has 1 aliphatic heterocycles. The Morgan fingerprint density at radius 3 is 2.94 bits per heavy atom. The van der Waals surface area contributed by atoms with Crippen molar-refractivity contribution in [2.75, 3.05) is 26.3 Å². The van der Waals surface area contributed by atoms with E-state index >= 15 is 0 Å². The number of aliphatic hydroxyl groups is 1. The van der Waals surface area contributed by atoms with Crippen molar-refractivity contribution in [2.24, 2.45) is 11.8 Å². The maximum atomic E-state index is 10.5. The van der Waals surface area contributed by atoms with Gasteiger partial charge < -0.3 is 15.2 Å². The van der Waals surface area contributed by atoms with E-state index in [0.717, 1.165) is 39.1 Å². The third-order valence-electron chi connectivity index (χ3n) is 4.21. The Hall–Kier alpha value is -0.120. The molecule has 2 N–H and O–H groups in total. The molecule has 3 unspecified atom stereocenters. The van der Waals surface area contributed by atoms with Crippen LogP contribution in [-0.4, -0.2) is 37.0 Å². The highest BCUT2D eigenvalue weighted by Crippen LogP contribution is 2.31. The van der Waals surface area contributed by atoms with Gasteiger partial charge in [0.1, 0.15) is 0 Å². The number of hydrogen-bond donors (Lipinski definition) is 2. The zero-order valence-corrected chi connectivity index (χ0v) is 11.1. The van der Waals surface area contributed by atoms with E-state index in [9.17, 15) is 5.11 Å². The van der Waals surface area contributed by atoms with Gasteiger partial charge in [-0.25, -0.2) is 0 Å². The van der Waals surface area contributed by atoms with Gasteiger partial charge in [0, 0.05) is 19.7 Å². The lowest BCUT2D eigenvalue weighted by Gasteiger charge is -2.36. The van der Waals surface area contributed by atoms with E-state index in [2.05, 4.69) is 12.2 Å². The first-order valence-electron chi connectivity index (χ1n) is 7.19. The van der Waals surface area contributed by atoms with E-state index in [1.807, 2.05) is 0 Å². The Balaban J connectivity index is 1.66. The van der Waals surface area contributed by atoms with Crippen LogP contribution in [0.25, 0.3) is 0 Å². The second-order valence-electron chi connectivity index (χ2n) is 6.14. The van der Waals surface area contributed by atoms with E-state index in [-0.39, 0.29) is 0 Å². The van der Waals surface area contributed by atoms with Crippen molar-refractivity contribution in [3.05, 3.63) is 0 Å². The van der Waals surface area contributed by atoms with Gasteiger partial charge in [0.15, 0.2) is 0 Å². The van der Waals surface area contributed by atoms with Crippen LogP contribution >= 0.6 is 0 Å². The van der Waals surface area contributed by atoms with E-state index < -0.39 is 5.60 Å². The summed E-state index contributed by atoms with van der Waals surface area (Å²) in [5.74, 6) is 1.32. The Morgan fingerprint density at radius 2 is 2.24 bits per heavy atom. The van der Waals surface area contributed by atoms with Crippen molar-refractivity contribution in [3.63, 3.8) is 0 Å². The standard InChI is InChI=1S/C14H27NO2/c1-12-4-2-6-14(16,8-12)11-15-9-13-5-3-7-17-10-13/h12-13,15-16H,2-11H2,1H3. The molecule has 17 heavy (non-hydrogen) atoms. The maximum absolute atomic E-state index is 10.5. The van der Waals surface area contributed by atoms with Crippen molar-refractivity contribution in [1.29, 1.82) is 0 Å². The summed E-state index contributed by atoms with van der Waals surface area (Å²) in [5, 5.41) is 13.9. The minimum absolute atomic E-state index is 0.451. The zero-order chi connectivity index (χ0) is 12.1. The number of ether oxygens (including phenoxy) is 1. The monoisotopic (exact) mass is 241 g/mol. The molecule has 2 aliphatic rings. The first-order chi connectivity index (χ1) is 8.18. The summed E-state index contributed by atoms with van der Waals surface area (Å²) < 4.78 is 5.46. The molecule has 3 nitrogen and oxygen atoms in total. The summed E-state index contributed by atoms with van der Waals surface area (Å²) in [7, 11) is 0. The van der Waals surface area contributed by atoms with Crippen LogP contribution in [0.15, 0.2) is 0 Å². The molecular weight excluding hydrogens is 214 g/mol. The fraction of sp³-hybridized carbons (Fsp3) is 1.00. The van der Waals surface area contributed by atoms with Gasteiger partial charge in [-0.05, 0) is 37.5 Å². The van der Waals surface area contributed by atoms with Gasteiger partial charge in [0.2, 0.25) is 0 Å². The Morgan fingerprint density at radius 1 is 1.35 bits per heavy atom. The molecule has 3 heteroatoms. The zero-order valence-electron chi connectivity index (χ0n) is 11.1. The van der Waals surface area contributed by atoms with E-state index in [1.165, 1.54) is 25.7 Å². The summed E-state index contributed by atoms with van der Waals surface area (Å²) in [5.41, 5.74) is -0.451. The van der Waals surface area contributed by atoms with Gasteiger partial charge in [0.05, 0.1) is 12.2 Å². The lowest BCUT2D eigenvalue weighted by molar-refractivity contribution is -0.0144. The van der Waals surface area contributed by atoms with Gasteiger partial charge >= 0.3 is 0 Å². The molecular formula is C14H27NO2. The van der Waals surface area contributed by atoms with E-state index in [4.69, 9.17) is 4.74 Å². The highest BCUT2D eigenvalue weighted by atomic mass is 16.5. The van der Waals surface area contributed by atoms with Crippen LogP contribution in [0.2, 0.25) is 0 Å². The average molecular weight is 241 g/mol. The predicted octanol–water partition coefficient (Wildman–Crippen LogP) is 1.94. The second kappa shape index (κ2) is 6.17. The molecule has 2 rings (SSSR count). The van der Waals surface area contributed by atoms with Crippen molar-refractivity contribution >= 4 is 0 Å². The van der Waals surface area contributed by atoms with Crippen LogP contribution in [0.5, 0.6) is 0 Å². The van der Waals surface area contributed by atoms with Crippen molar-refractivity contribution in [1.82, 2.24) is 5.32 Å². The van der Waals surface area contributed by atoms with E-state index in [1.54, 1.807) is 0 Å². The smallest absolute Gasteiger partial charge is 0.0774 e. The van der Waals surface area contributed by atoms with Gasteiger partial charge in [-0.15, -0.1) is 0 Å². The fourth-order valence-electron chi connectivity index (χ4n) is 3.27. The molecule has 3 atom stereocenters. The molecule has 1 saturated carbocycles. The molecule has 0 aromatic rings. The number of hydrogen-bond acceptors (Lipinski definition) is 3. The molecule has 1 aliphatic carbocycles. The largest absolute Gasteiger partial charge is 0.389 e. The normalized spacial score (nSPS) is 39.2. The van der Waals surface area contributed by atoms with Gasteiger partial charge in [-0.2, -0.15) is 0 Å². The number of rotatable bonds is 4. The summed E-state index contributed by atoms with van der Waals surface area (Å²) in [6.07, 6.45) is 6.83. The second-order valence-corrected chi connectivity index (χ2v) is 6.14. The Labute approximate surface area is 105 Å². The predicted molar refractivity (Wildman–Crippen MR) is 69.0 cm³/mol. The highest BCUT2D eigenvalue weighted by molar-refractivity contribution is 4.87. The van der Waals surface area contributed by atoms with Crippen LogP contribution < -0.4 is 5.32 Å². The Kier molecular flexibility index (Phi) is 4.83. The molecule has 2 fully saturated rings. The first-order valence-corrected chi connectivity index (χ1v) is 7.19. The van der Waals surface area contributed by atoms with Crippen molar-refractivity contribution in [3.8, 4) is 0 Å². The van der Waals surface area contributed by atoms with Crippen molar-refractivity contribution in [2.45, 2.75) is 51.0 Å². The van der Waals surface area contributed by atoms with Crippen molar-refractivity contribution < 1.29 is 9.84 Å². The molecule has 0 amide bonds. The summed E-state index contributed by atoms with van der Waals surface area (Å²) >= 11 is 0. The van der Waals surface area contributed by atoms with Crippen LogP contribution in [0.3, 0.4) is 0 Å². The molecule has 100 valence electrons. The molecule has 1 saturated heterocycles. The van der Waals surface area contributed by atoms with Crippen LogP contribution in [0, 0.1) is 11.8 Å². The number of nitrogens with one attached hydrogen (secondary N) is 1. The summed E-state index contributed by atoms with van der Waals surface area (Å²) in [6, 6.07) is 0. The van der Waals surface area contributed by atoms with Crippen LogP contribution in [-0.2, 0) is 4.74 Å². The quantitative estimate of drug-likeness (QED) is 0.790. The lowest BCUT2D eigenvalue weighted by atomic mass is 9.79. The van der Waals surface area contributed by atoms with Gasteiger partial charge in [0.25, 0.3) is 0 Å². The van der Waals surface area contributed by atoms with Gasteiger partial charge in [-0.1, -0.05) is 19.8 Å². The Bertz CT molecular complexity index is 228. The molecule has 0 aromatic carbocycles. The highest BCUT2D eigenvalue weighted by Gasteiger charge is 2.32. The first kappa shape index (κ1) is 13.3. The van der Waals surface area contributed by atoms with E-state index in [0.29, 0.717) is 11.8 Å².